The highest BCUT2D eigenvalue weighted by atomic mass is 16.3. The average Bonchev–Trinajstić information content (AvgIpc) is 2.07. The fraction of sp³-hybridized carbons (Fsp3) is 0.375. The van der Waals surface area contributed by atoms with Gasteiger partial charge in [0.15, 0.2) is 0 Å². The zero-order valence-electron chi connectivity index (χ0n) is 7.33. The number of allylic oxidation sites excluding steroid dienone is 1. The number of nitrogens with two attached hydrogens (primary N) is 1. The number of aliphatic hydroxyl groups is 1. The van der Waals surface area contributed by atoms with Gasteiger partial charge in [0.05, 0.1) is 0 Å². The van der Waals surface area contributed by atoms with Crippen molar-refractivity contribution < 1.29 is 5.11 Å². The average molecular weight is 156 g/mol. The predicted octanol–water partition coefficient (Wildman–Crippen LogP) is 1.63. The van der Waals surface area contributed by atoms with Gasteiger partial charge in [-0.3, -0.25) is 4.99 Å². The van der Waals surface area contributed by atoms with Crippen LogP contribution in [-0.4, -0.2) is 18.0 Å². The fourth-order valence-corrected chi connectivity index (χ4v) is 0.275. The molecule has 0 saturated carbocycles. The van der Waals surface area contributed by atoms with Crippen molar-refractivity contribution >= 4 is 5.84 Å². The molecule has 0 saturated heterocycles. The number of hydrogen-bond acceptors (Lipinski definition) is 2. The minimum Gasteiger partial charge on any atom is -0.508 e. The topological polar surface area (TPSA) is 58.6 Å². The van der Waals surface area contributed by atoms with Crippen molar-refractivity contribution in [3.05, 3.63) is 24.5 Å². The van der Waals surface area contributed by atoms with Gasteiger partial charge in [0, 0.05) is 13.1 Å². The smallest absolute Gasteiger partial charge is 0.121 e. The maximum Gasteiger partial charge on any atom is 0.121 e. The third-order valence-electron chi connectivity index (χ3n) is 0.763. The van der Waals surface area contributed by atoms with Crippen LogP contribution in [-0.2, 0) is 0 Å². The molecule has 0 heterocycles. The molecule has 3 nitrogen and oxygen atoms in total. The van der Waals surface area contributed by atoms with Gasteiger partial charge in [-0.25, -0.2) is 0 Å². The molecule has 0 aliphatic heterocycles. The molecule has 0 aromatic heterocycles. The van der Waals surface area contributed by atoms with Crippen LogP contribution in [0.1, 0.15) is 13.8 Å². The molecule has 0 aliphatic carbocycles. The summed E-state index contributed by atoms with van der Waals surface area (Å²) in [5.41, 5.74) is 5.22. The summed E-state index contributed by atoms with van der Waals surface area (Å²) in [7, 11) is 1.54. The van der Waals surface area contributed by atoms with E-state index in [0.29, 0.717) is 0 Å². The lowest BCUT2D eigenvalue weighted by molar-refractivity contribution is 0.433. The minimum absolute atomic E-state index is 0.0260. The number of rotatable bonds is 2. The Kier molecular flexibility index (Phi) is 9.89. The Hall–Kier alpha value is -1.25. The minimum atomic E-state index is 0.0260. The molecular weight excluding hydrogens is 140 g/mol. The van der Waals surface area contributed by atoms with Gasteiger partial charge in [0.1, 0.15) is 11.6 Å². The molecule has 0 atom stereocenters. The SMILES string of the molecule is C=C/C(O)=C\C(N)=NC.CC. The van der Waals surface area contributed by atoms with E-state index >= 15 is 0 Å². The molecule has 0 aromatic carbocycles. The van der Waals surface area contributed by atoms with Gasteiger partial charge in [-0.2, -0.15) is 0 Å². The Morgan fingerprint density at radius 1 is 1.55 bits per heavy atom. The van der Waals surface area contributed by atoms with Crippen molar-refractivity contribution in [2.45, 2.75) is 13.8 Å². The zero-order valence-corrected chi connectivity index (χ0v) is 7.33. The van der Waals surface area contributed by atoms with E-state index in [1.54, 1.807) is 7.05 Å². The highest BCUT2D eigenvalue weighted by molar-refractivity contribution is 5.91. The van der Waals surface area contributed by atoms with Gasteiger partial charge in [-0.05, 0) is 6.08 Å². The summed E-state index contributed by atoms with van der Waals surface area (Å²) in [6.07, 6.45) is 2.62. The van der Waals surface area contributed by atoms with E-state index in [4.69, 9.17) is 10.8 Å². The van der Waals surface area contributed by atoms with Crippen molar-refractivity contribution in [1.82, 2.24) is 0 Å². The van der Waals surface area contributed by atoms with Gasteiger partial charge in [-0.1, -0.05) is 20.4 Å². The maximum absolute atomic E-state index is 8.74. The molecule has 0 aromatic rings. The Bertz CT molecular complexity index is 159. The summed E-state index contributed by atoms with van der Waals surface area (Å²) >= 11 is 0. The number of aliphatic imine (C=N–C) groups is 1. The molecule has 64 valence electrons. The van der Waals surface area contributed by atoms with Gasteiger partial charge >= 0.3 is 0 Å². The summed E-state index contributed by atoms with van der Waals surface area (Å²) in [6.45, 7) is 7.32. The van der Waals surface area contributed by atoms with E-state index in [2.05, 4.69) is 11.6 Å². The van der Waals surface area contributed by atoms with E-state index in [-0.39, 0.29) is 11.6 Å². The summed E-state index contributed by atoms with van der Waals surface area (Å²) in [5, 5.41) is 8.74. The van der Waals surface area contributed by atoms with E-state index < -0.39 is 0 Å². The van der Waals surface area contributed by atoms with Crippen molar-refractivity contribution in [2.24, 2.45) is 10.7 Å². The highest BCUT2D eigenvalue weighted by Crippen LogP contribution is 1.86. The van der Waals surface area contributed by atoms with Gasteiger partial charge in [0.25, 0.3) is 0 Å². The first-order valence-corrected chi connectivity index (χ1v) is 3.46. The Morgan fingerprint density at radius 3 is 2.27 bits per heavy atom. The molecule has 0 bridgehead atoms. The Labute approximate surface area is 67.9 Å². The molecule has 0 radical (unpaired) electrons. The second-order valence-corrected chi connectivity index (χ2v) is 1.42. The lowest BCUT2D eigenvalue weighted by Gasteiger charge is -1.88. The van der Waals surface area contributed by atoms with Crippen LogP contribution in [0.25, 0.3) is 0 Å². The maximum atomic E-state index is 8.74. The first kappa shape index (κ1) is 12.4. The standard InChI is InChI=1S/C6H10N2O.C2H6/c1-3-5(9)4-6(7)8-2;1-2/h3-4,9H,1H2,2H3,(H2,7,8);1-2H3/b5-4+;. The molecule has 0 spiro atoms. The Balaban J connectivity index is 0. The lowest BCUT2D eigenvalue weighted by Crippen LogP contribution is -2.07. The number of hydrogen-bond donors (Lipinski definition) is 2. The normalized spacial score (nSPS) is 11.5. The second kappa shape index (κ2) is 8.75. The van der Waals surface area contributed by atoms with Crippen LogP contribution >= 0.6 is 0 Å². The molecule has 0 amide bonds. The van der Waals surface area contributed by atoms with Crippen molar-refractivity contribution in [2.75, 3.05) is 7.05 Å². The molecular formula is C8H16N2O. The fourth-order valence-electron chi connectivity index (χ4n) is 0.275. The van der Waals surface area contributed by atoms with E-state index in [1.807, 2.05) is 13.8 Å². The van der Waals surface area contributed by atoms with Crippen molar-refractivity contribution in [1.29, 1.82) is 0 Å². The monoisotopic (exact) mass is 156 g/mol. The van der Waals surface area contributed by atoms with Gasteiger partial charge < -0.3 is 10.8 Å². The van der Waals surface area contributed by atoms with E-state index in [9.17, 15) is 0 Å². The van der Waals surface area contributed by atoms with Crippen LogP contribution in [0.5, 0.6) is 0 Å². The summed E-state index contributed by atoms with van der Waals surface area (Å²) in [5.74, 6) is 0.311. The second-order valence-electron chi connectivity index (χ2n) is 1.42. The number of aliphatic hydroxyl groups excluding tert-OH is 1. The molecule has 11 heavy (non-hydrogen) atoms. The van der Waals surface area contributed by atoms with E-state index in [0.717, 1.165) is 0 Å². The van der Waals surface area contributed by atoms with Crippen LogP contribution in [0.15, 0.2) is 29.5 Å². The van der Waals surface area contributed by atoms with Crippen molar-refractivity contribution in [3.63, 3.8) is 0 Å². The van der Waals surface area contributed by atoms with Gasteiger partial charge in [0.2, 0.25) is 0 Å². The first-order valence-electron chi connectivity index (χ1n) is 3.46. The first-order chi connectivity index (χ1) is 5.20. The summed E-state index contributed by atoms with van der Waals surface area (Å²) in [6, 6.07) is 0. The largest absolute Gasteiger partial charge is 0.508 e. The molecule has 0 rings (SSSR count). The Morgan fingerprint density at radius 2 is 2.00 bits per heavy atom. The molecule has 3 heteroatoms. The highest BCUT2D eigenvalue weighted by Gasteiger charge is 1.84. The van der Waals surface area contributed by atoms with Crippen molar-refractivity contribution in [3.8, 4) is 0 Å². The molecule has 0 fully saturated rings. The predicted molar refractivity (Wildman–Crippen MR) is 49.8 cm³/mol. The molecule has 0 unspecified atom stereocenters. The number of nitrogens with zero attached hydrogens (tertiary/aromatic N) is 1. The van der Waals surface area contributed by atoms with Gasteiger partial charge in [-0.15, -0.1) is 0 Å². The quantitative estimate of drug-likeness (QED) is 0.276. The van der Waals surface area contributed by atoms with Crippen LogP contribution in [0, 0.1) is 0 Å². The molecule has 3 N–H and O–H groups in total. The summed E-state index contributed by atoms with van der Waals surface area (Å²) in [4.78, 5) is 3.59. The number of amidine groups is 1. The van der Waals surface area contributed by atoms with Crippen LogP contribution in [0.3, 0.4) is 0 Å². The third-order valence-corrected chi connectivity index (χ3v) is 0.763. The molecule has 0 aliphatic rings. The van der Waals surface area contributed by atoms with Crippen LogP contribution in [0.2, 0.25) is 0 Å². The van der Waals surface area contributed by atoms with Crippen LogP contribution < -0.4 is 5.73 Å². The van der Waals surface area contributed by atoms with E-state index in [1.165, 1.54) is 12.2 Å². The summed E-state index contributed by atoms with van der Waals surface area (Å²) < 4.78 is 0. The lowest BCUT2D eigenvalue weighted by atomic mass is 10.4. The third kappa shape index (κ3) is 8.75. The zero-order chi connectivity index (χ0) is 9.28. The van der Waals surface area contributed by atoms with Crippen LogP contribution in [0.4, 0.5) is 0 Å².